The second-order valence-corrected chi connectivity index (χ2v) is 4.68. The van der Waals surface area contributed by atoms with Gasteiger partial charge in [0.15, 0.2) is 0 Å². The predicted molar refractivity (Wildman–Crippen MR) is 74.4 cm³/mol. The molecule has 1 N–H and O–H groups in total. The maximum Gasteiger partial charge on any atom is 0.263 e. The van der Waals surface area contributed by atoms with E-state index in [2.05, 4.69) is 15.3 Å². The van der Waals surface area contributed by atoms with Crippen LogP contribution >= 0.6 is 0 Å². The molecule has 2 aromatic rings. The maximum absolute atomic E-state index is 12.3. The summed E-state index contributed by atoms with van der Waals surface area (Å²) in [4.78, 5) is 32.1. The largest absolute Gasteiger partial charge is 0.350 e. The second-order valence-electron chi connectivity index (χ2n) is 4.68. The fourth-order valence-electron chi connectivity index (χ4n) is 1.76. The molecule has 104 valence electrons. The Morgan fingerprint density at radius 2 is 2.20 bits per heavy atom. The van der Waals surface area contributed by atoms with E-state index in [0.717, 1.165) is 0 Å². The first kappa shape index (κ1) is 13.9. The van der Waals surface area contributed by atoms with Crippen molar-refractivity contribution < 1.29 is 4.79 Å². The number of rotatable bonds is 4. The predicted octanol–water partition coefficient (Wildman–Crippen LogP) is 0.825. The molecular formula is C14H16N4O2. The van der Waals surface area contributed by atoms with E-state index in [-0.39, 0.29) is 23.1 Å². The molecule has 2 rings (SSSR count). The summed E-state index contributed by atoms with van der Waals surface area (Å²) in [7, 11) is 0. The third kappa shape index (κ3) is 3.28. The molecule has 0 saturated heterocycles. The highest BCUT2D eigenvalue weighted by atomic mass is 16.2. The Labute approximate surface area is 116 Å². The van der Waals surface area contributed by atoms with E-state index in [1.54, 1.807) is 24.5 Å². The number of carbonyl (C=O) groups excluding carboxylic acids is 1. The zero-order valence-electron chi connectivity index (χ0n) is 11.4. The molecule has 0 atom stereocenters. The molecule has 2 heterocycles. The van der Waals surface area contributed by atoms with Gasteiger partial charge in [-0.3, -0.25) is 9.59 Å². The highest BCUT2D eigenvalue weighted by Gasteiger charge is 2.13. The fraction of sp³-hybridized carbons (Fsp3) is 0.286. The lowest BCUT2D eigenvalue weighted by molar-refractivity contribution is 0.0941. The van der Waals surface area contributed by atoms with Gasteiger partial charge in [-0.05, 0) is 32.0 Å². The van der Waals surface area contributed by atoms with E-state index < -0.39 is 0 Å². The molecule has 0 aromatic carbocycles. The molecule has 0 unspecified atom stereocenters. The molecule has 0 aliphatic carbocycles. The first-order valence-corrected chi connectivity index (χ1v) is 6.33. The maximum atomic E-state index is 12.3. The molecule has 0 aliphatic rings. The van der Waals surface area contributed by atoms with E-state index in [1.807, 2.05) is 13.8 Å². The summed E-state index contributed by atoms with van der Waals surface area (Å²) < 4.78 is 1.46. The number of nitrogens with zero attached hydrogens (tertiary/aromatic N) is 3. The number of hydrogen-bond acceptors (Lipinski definition) is 4. The van der Waals surface area contributed by atoms with Crippen molar-refractivity contribution in [3.8, 4) is 0 Å². The van der Waals surface area contributed by atoms with Crippen molar-refractivity contribution in [2.24, 2.45) is 0 Å². The van der Waals surface area contributed by atoms with Crippen LogP contribution in [0.4, 0.5) is 0 Å². The molecule has 0 spiro atoms. The van der Waals surface area contributed by atoms with Crippen LogP contribution in [0.2, 0.25) is 0 Å². The minimum atomic E-state index is -0.359. The van der Waals surface area contributed by atoms with E-state index in [1.165, 1.54) is 17.0 Å². The van der Waals surface area contributed by atoms with Gasteiger partial charge in [-0.25, -0.2) is 9.97 Å². The summed E-state index contributed by atoms with van der Waals surface area (Å²) in [6.07, 6.45) is 4.68. The van der Waals surface area contributed by atoms with E-state index in [9.17, 15) is 9.59 Å². The Kier molecular flexibility index (Phi) is 4.24. The smallest absolute Gasteiger partial charge is 0.263 e. The molecule has 0 aliphatic heterocycles. The average Bonchev–Trinajstić information content (AvgIpc) is 2.41. The number of carbonyl (C=O) groups is 1. The van der Waals surface area contributed by atoms with Crippen LogP contribution in [-0.2, 0) is 6.54 Å². The topological polar surface area (TPSA) is 76.9 Å². The standard InChI is InChI=1S/C14H16N4O2/c1-10(2)17-13(19)12-4-3-7-18(14(12)20)8-11-5-6-15-9-16-11/h3-7,9-10H,8H2,1-2H3,(H,17,19). The van der Waals surface area contributed by atoms with Crippen molar-refractivity contribution in [2.75, 3.05) is 0 Å². The number of aromatic nitrogens is 3. The Bertz CT molecular complexity index is 650. The van der Waals surface area contributed by atoms with Crippen LogP contribution in [0.5, 0.6) is 0 Å². The van der Waals surface area contributed by atoms with Gasteiger partial charge >= 0.3 is 0 Å². The lowest BCUT2D eigenvalue weighted by atomic mass is 10.2. The van der Waals surface area contributed by atoms with Crippen molar-refractivity contribution in [1.82, 2.24) is 19.9 Å². The lowest BCUT2D eigenvalue weighted by Gasteiger charge is -2.10. The molecular weight excluding hydrogens is 256 g/mol. The monoisotopic (exact) mass is 272 g/mol. The van der Waals surface area contributed by atoms with E-state index >= 15 is 0 Å². The van der Waals surface area contributed by atoms with Gasteiger partial charge in [0.05, 0.1) is 12.2 Å². The Morgan fingerprint density at radius 3 is 2.85 bits per heavy atom. The van der Waals surface area contributed by atoms with Gasteiger partial charge in [-0.2, -0.15) is 0 Å². The molecule has 0 bridgehead atoms. The highest BCUT2D eigenvalue weighted by Crippen LogP contribution is 1.98. The molecule has 0 radical (unpaired) electrons. The van der Waals surface area contributed by atoms with Crippen molar-refractivity contribution in [3.63, 3.8) is 0 Å². The molecule has 1 amide bonds. The third-order valence-corrected chi connectivity index (χ3v) is 2.66. The van der Waals surface area contributed by atoms with Crippen LogP contribution in [0.3, 0.4) is 0 Å². The van der Waals surface area contributed by atoms with Crippen molar-refractivity contribution in [3.05, 3.63) is 58.5 Å². The van der Waals surface area contributed by atoms with Crippen LogP contribution in [0.25, 0.3) is 0 Å². The Balaban J connectivity index is 2.28. The SMILES string of the molecule is CC(C)NC(=O)c1cccn(Cc2ccncn2)c1=O. The third-order valence-electron chi connectivity index (χ3n) is 2.66. The van der Waals surface area contributed by atoms with E-state index in [0.29, 0.717) is 12.2 Å². The summed E-state index contributed by atoms with van der Waals surface area (Å²) in [5.74, 6) is -0.359. The summed E-state index contributed by atoms with van der Waals surface area (Å²) in [6, 6.07) is 4.92. The normalized spacial score (nSPS) is 10.6. The number of nitrogens with one attached hydrogen (secondary N) is 1. The van der Waals surface area contributed by atoms with Crippen LogP contribution in [-0.4, -0.2) is 26.5 Å². The average molecular weight is 272 g/mol. The number of hydrogen-bond donors (Lipinski definition) is 1. The molecule has 2 aromatic heterocycles. The van der Waals surface area contributed by atoms with Crippen LogP contribution in [0, 0.1) is 0 Å². The van der Waals surface area contributed by atoms with Gasteiger partial charge in [0.2, 0.25) is 0 Å². The molecule has 6 heteroatoms. The summed E-state index contributed by atoms with van der Waals surface area (Å²) in [5.41, 5.74) is 0.517. The molecule has 0 saturated carbocycles. The highest BCUT2D eigenvalue weighted by molar-refractivity contribution is 5.93. The summed E-state index contributed by atoms with van der Waals surface area (Å²) in [6.45, 7) is 4.00. The molecule has 0 fully saturated rings. The van der Waals surface area contributed by atoms with Crippen LogP contribution < -0.4 is 10.9 Å². The molecule has 20 heavy (non-hydrogen) atoms. The van der Waals surface area contributed by atoms with Crippen LogP contribution in [0.1, 0.15) is 29.9 Å². The Morgan fingerprint density at radius 1 is 1.40 bits per heavy atom. The zero-order chi connectivity index (χ0) is 14.5. The second kappa shape index (κ2) is 6.10. The fourth-order valence-corrected chi connectivity index (χ4v) is 1.76. The van der Waals surface area contributed by atoms with Crippen molar-refractivity contribution in [2.45, 2.75) is 26.4 Å². The minimum absolute atomic E-state index is 0.0163. The summed E-state index contributed by atoms with van der Waals surface area (Å²) in [5, 5.41) is 2.71. The lowest BCUT2D eigenvalue weighted by Crippen LogP contribution is -2.36. The van der Waals surface area contributed by atoms with Crippen molar-refractivity contribution in [1.29, 1.82) is 0 Å². The minimum Gasteiger partial charge on any atom is -0.350 e. The first-order valence-electron chi connectivity index (χ1n) is 6.33. The summed E-state index contributed by atoms with van der Waals surface area (Å²) >= 11 is 0. The van der Waals surface area contributed by atoms with Crippen molar-refractivity contribution >= 4 is 5.91 Å². The molecule has 6 nitrogen and oxygen atoms in total. The van der Waals surface area contributed by atoms with Gasteiger partial charge in [-0.1, -0.05) is 0 Å². The Hall–Kier alpha value is -2.50. The van der Waals surface area contributed by atoms with Gasteiger partial charge in [0.1, 0.15) is 11.9 Å². The first-order chi connectivity index (χ1) is 9.58. The van der Waals surface area contributed by atoms with Crippen LogP contribution in [0.15, 0.2) is 41.7 Å². The van der Waals surface area contributed by atoms with Gasteiger partial charge < -0.3 is 9.88 Å². The zero-order valence-corrected chi connectivity index (χ0v) is 11.4. The van der Waals surface area contributed by atoms with Gasteiger partial charge in [0.25, 0.3) is 11.5 Å². The number of amides is 1. The quantitative estimate of drug-likeness (QED) is 0.894. The van der Waals surface area contributed by atoms with Gasteiger partial charge in [-0.15, -0.1) is 0 Å². The van der Waals surface area contributed by atoms with E-state index in [4.69, 9.17) is 0 Å². The van der Waals surface area contributed by atoms with Gasteiger partial charge in [0, 0.05) is 18.4 Å². The number of pyridine rings is 1.